The van der Waals surface area contributed by atoms with Crippen LogP contribution in [0.15, 0.2) is 30.6 Å². The van der Waals surface area contributed by atoms with Gasteiger partial charge >= 0.3 is 0 Å². The Bertz CT molecular complexity index is 565. The quantitative estimate of drug-likeness (QED) is 0.907. The van der Waals surface area contributed by atoms with Gasteiger partial charge in [0.05, 0.1) is 24.4 Å². The summed E-state index contributed by atoms with van der Waals surface area (Å²) in [7, 11) is 0. The zero-order valence-corrected chi connectivity index (χ0v) is 11.3. The number of rotatable bonds is 4. The monoisotopic (exact) mass is 261 g/mol. The molecule has 5 heteroatoms. The molecule has 1 aliphatic rings. The number of fused-ring (bicyclic) bond motifs is 1. The van der Waals surface area contributed by atoms with Gasteiger partial charge in [-0.2, -0.15) is 5.10 Å². The molecule has 19 heavy (non-hydrogen) atoms. The van der Waals surface area contributed by atoms with Crippen LogP contribution in [0.5, 0.6) is 0 Å². The lowest BCUT2D eigenvalue weighted by Crippen LogP contribution is -2.30. The fourth-order valence-electron chi connectivity index (χ4n) is 2.36. The molecule has 5 nitrogen and oxygen atoms in total. The van der Waals surface area contributed by atoms with E-state index in [4.69, 9.17) is 9.47 Å². The van der Waals surface area contributed by atoms with E-state index in [0.29, 0.717) is 6.61 Å². The van der Waals surface area contributed by atoms with Crippen molar-refractivity contribution >= 4 is 5.52 Å². The molecule has 0 saturated carbocycles. The van der Waals surface area contributed by atoms with E-state index in [-0.39, 0.29) is 6.10 Å². The topological polar surface area (TPSA) is 47.8 Å². The molecule has 0 aromatic carbocycles. The molecule has 1 unspecified atom stereocenters. The molecule has 0 spiro atoms. The molecule has 0 amide bonds. The van der Waals surface area contributed by atoms with Gasteiger partial charge in [-0.15, -0.1) is 0 Å². The van der Waals surface area contributed by atoms with Crippen LogP contribution in [0.4, 0.5) is 0 Å². The van der Waals surface area contributed by atoms with E-state index in [0.717, 1.165) is 18.6 Å². The summed E-state index contributed by atoms with van der Waals surface area (Å²) in [6.07, 6.45) is 3.98. The Hall–Kier alpha value is -1.43. The van der Waals surface area contributed by atoms with Crippen LogP contribution >= 0.6 is 0 Å². The Kier molecular flexibility index (Phi) is 3.26. The average molecular weight is 261 g/mol. The van der Waals surface area contributed by atoms with Crippen LogP contribution in [0.3, 0.4) is 0 Å². The second kappa shape index (κ2) is 4.92. The van der Waals surface area contributed by atoms with Gasteiger partial charge in [-0.25, -0.2) is 4.52 Å². The lowest BCUT2D eigenvalue weighted by atomic mass is 10.2. The third-order valence-electron chi connectivity index (χ3n) is 3.26. The maximum absolute atomic E-state index is 5.75. The second-order valence-electron chi connectivity index (χ2n) is 5.28. The number of ether oxygens (including phenoxy) is 2. The lowest BCUT2D eigenvalue weighted by molar-refractivity contribution is -0.137. The minimum absolute atomic E-state index is 0.122. The number of hydrogen-bond acceptors (Lipinski definition) is 4. The standard InChI is InChI=1S/C14H19N3O2/c1-14(2)18-10-12(19-14)9-15-7-11-8-16-17-6-4-3-5-13(11)17/h3-6,8,12,15H,7,9-10H2,1-2H3. The van der Waals surface area contributed by atoms with Gasteiger partial charge in [0.15, 0.2) is 5.79 Å². The molecule has 3 rings (SSSR count). The van der Waals surface area contributed by atoms with Gasteiger partial charge < -0.3 is 14.8 Å². The Morgan fingerprint density at radius 1 is 1.47 bits per heavy atom. The molecule has 1 saturated heterocycles. The van der Waals surface area contributed by atoms with Crippen LogP contribution in [-0.2, 0) is 16.0 Å². The zero-order chi connectivity index (χ0) is 13.3. The Morgan fingerprint density at radius 2 is 2.37 bits per heavy atom. The fraction of sp³-hybridized carbons (Fsp3) is 0.500. The van der Waals surface area contributed by atoms with Crippen LogP contribution in [-0.4, -0.2) is 34.7 Å². The van der Waals surface area contributed by atoms with Crippen LogP contribution in [0.1, 0.15) is 19.4 Å². The lowest BCUT2D eigenvalue weighted by Gasteiger charge is -2.17. The predicted molar refractivity (Wildman–Crippen MR) is 71.8 cm³/mol. The van der Waals surface area contributed by atoms with E-state index < -0.39 is 5.79 Å². The SMILES string of the molecule is CC1(C)OCC(CNCc2cnn3ccccc23)O1. The first-order valence-corrected chi connectivity index (χ1v) is 6.58. The molecule has 1 fully saturated rings. The van der Waals surface area contributed by atoms with Crippen molar-refractivity contribution in [3.63, 3.8) is 0 Å². The van der Waals surface area contributed by atoms with Crippen molar-refractivity contribution in [3.8, 4) is 0 Å². The summed E-state index contributed by atoms with van der Waals surface area (Å²) in [4.78, 5) is 0. The predicted octanol–water partition coefficient (Wildman–Crippen LogP) is 1.58. The van der Waals surface area contributed by atoms with Gasteiger partial charge in [-0.05, 0) is 26.0 Å². The summed E-state index contributed by atoms with van der Waals surface area (Å²) in [6, 6.07) is 6.07. The smallest absolute Gasteiger partial charge is 0.163 e. The Balaban J connectivity index is 1.55. The first-order chi connectivity index (χ1) is 9.14. The van der Waals surface area contributed by atoms with Crippen molar-refractivity contribution in [2.24, 2.45) is 0 Å². The number of nitrogens with zero attached hydrogens (tertiary/aromatic N) is 2. The Labute approximate surface area is 112 Å². The molecule has 2 aromatic heterocycles. The van der Waals surface area contributed by atoms with Crippen molar-refractivity contribution in [1.29, 1.82) is 0 Å². The van der Waals surface area contributed by atoms with Gasteiger partial charge in [-0.1, -0.05) is 6.07 Å². The summed E-state index contributed by atoms with van der Waals surface area (Å²) in [5.74, 6) is -0.448. The molecule has 102 valence electrons. The molecular formula is C14H19N3O2. The molecule has 1 aliphatic heterocycles. The van der Waals surface area contributed by atoms with E-state index >= 15 is 0 Å². The zero-order valence-electron chi connectivity index (χ0n) is 11.3. The molecule has 0 radical (unpaired) electrons. The van der Waals surface area contributed by atoms with Gasteiger partial charge in [-0.3, -0.25) is 0 Å². The molecular weight excluding hydrogens is 242 g/mol. The van der Waals surface area contributed by atoms with E-state index in [1.54, 1.807) is 0 Å². The number of hydrogen-bond donors (Lipinski definition) is 1. The molecule has 2 aromatic rings. The first-order valence-electron chi connectivity index (χ1n) is 6.58. The second-order valence-corrected chi connectivity index (χ2v) is 5.28. The van der Waals surface area contributed by atoms with Gasteiger partial charge in [0, 0.05) is 24.8 Å². The van der Waals surface area contributed by atoms with Crippen molar-refractivity contribution in [1.82, 2.24) is 14.9 Å². The highest BCUT2D eigenvalue weighted by atomic mass is 16.7. The summed E-state index contributed by atoms with van der Waals surface area (Å²) in [5, 5.41) is 7.71. The minimum atomic E-state index is -0.448. The molecule has 1 atom stereocenters. The van der Waals surface area contributed by atoms with Crippen LogP contribution in [0.2, 0.25) is 0 Å². The summed E-state index contributed by atoms with van der Waals surface area (Å²) >= 11 is 0. The van der Waals surface area contributed by atoms with Crippen molar-refractivity contribution < 1.29 is 9.47 Å². The maximum Gasteiger partial charge on any atom is 0.163 e. The van der Waals surface area contributed by atoms with Crippen LogP contribution in [0, 0.1) is 0 Å². The molecule has 1 N–H and O–H groups in total. The molecule has 0 bridgehead atoms. The molecule has 3 heterocycles. The van der Waals surface area contributed by atoms with E-state index in [2.05, 4.69) is 16.5 Å². The van der Waals surface area contributed by atoms with Crippen molar-refractivity contribution in [3.05, 3.63) is 36.2 Å². The third-order valence-corrected chi connectivity index (χ3v) is 3.26. The highest BCUT2D eigenvalue weighted by molar-refractivity contribution is 5.53. The van der Waals surface area contributed by atoms with Gasteiger partial charge in [0.25, 0.3) is 0 Å². The highest BCUT2D eigenvalue weighted by Crippen LogP contribution is 2.21. The fourth-order valence-corrected chi connectivity index (χ4v) is 2.36. The maximum atomic E-state index is 5.75. The normalized spacial score (nSPS) is 22.1. The number of nitrogens with one attached hydrogen (secondary N) is 1. The number of pyridine rings is 1. The summed E-state index contributed by atoms with van der Waals surface area (Å²) < 4.78 is 13.2. The van der Waals surface area contributed by atoms with Gasteiger partial charge in [0.2, 0.25) is 0 Å². The van der Waals surface area contributed by atoms with Gasteiger partial charge in [0.1, 0.15) is 0 Å². The van der Waals surface area contributed by atoms with E-state index in [9.17, 15) is 0 Å². The van der Waals surface area contributed by atoms with Crippen LogP contribution < -0.4 is 5.32 Å². The highest BCUT2D eigenvalue weighted by Gasteiger charge is 2.32. The van der Waals surface area contributed by atoms with Crippen molar-refractivity contribution in [2.45, 2.75) is 32.3 Å². The van der Waals surface area contributed by atoms with E-state index in [1.165, 1.54) is 5.56 Å². The minimum Gasteiger partial charge on any atom is -0.348 e. The first kappa shape index (κ1) is 12.6. The van der Waals surface area contributed by atoms with Crippen LogP contribution in [0.25, 0.3) is 5.52 Å². The third kappa shape index (κ3) is 2.78. The largest absolute Gasteiger partial charge is 0.348 e. The summed E-state index contributed by atoms with van der Waals surface area (Å²) in [6.45, 7) is 6.10. The van der Waals surface area contributed by atoms with Crippen molar-refractivity contribution in [2.75, 3.05) is 13.2 Å². The summed E-state index contributed by atoms with van der Waals surface area (Å²) in [5.41, 5.74) is 2.33. The average Bonchev–Trinajstić information content (AvgIpc) is 2.94. The Morgan fingerprint density at radius 3 is 3.16 bits per heavy atom. The van der Waals surface area contributed by atoms with E-state index in [1.807, 2.05) is 42.9 Å². The molecule has 0 aliphatic carbocycles. The number of aromatic nitrogens is 2.